The van der Waals surface area contributed by atoms with Crippen molar-refractivity contribution in [1.29, 1.82) is 0 Å². The molecule has 0 unspecified atom stereocenters. The van der Waals surface area contributed by atoms with Gasteiger partial charge in [-0.25, -0.2) is 0 Å². The van der Waals surface area contributed by atoms with Gasteiger partial charge in [0.1, 0.15) is 14.2 Å². The molecule has 188 valence electrons. The van der Waals surface area contributed by atoms with Gasteiger partial charge in [0.15, 0.2) is 12.7 Å². The molecule has 2 aromatic carbocycles. The van der Waals surface area contributed by atoms with Crippen LogP contribution < -0.4 is 36.6 Å². The summed E-state index contributed by atoms with van der Waals surface area (Å²) >= 11 is 5.03. The van der Waals surface area contributed by atoms with Crippen LogP contribution in [0, 0.1) is 13.8 Å². The van der Waals surface area contributed by atoms with E-state index < -0.39 is 0 Å². The fourth-order valence-electron chi connectivity index (χ4n) is 4.52. The van der Waals surface area contributed by atoms with Crippen LogP contribution >= 0.6 is 34.4 Å². The normalized spacial score (nSPS) is 14.8. The van der Waals surface area contributed by atoms with Crippen molar-refractivity contribution in [2.45, 2.75) is 52.1 Å². The Morgan fingerprint density at radius 2 is 1.83 bits per heavy atom. The van der Waals surface area contributed by atoms with Crippen LogP contribution in [0.1, 0.15) is 41.1 Å². The van der Waals surface area contributed by atoms with Gasteiger partial charge in [-0.05, 0) is 56.0 Å². The Bertz CT molecular complexity index is 1580. The van der Waals surface area contributed by atoms with E-state index in [1.807, 2.05) is 11.5 Å². The highest BCUT2D eigenvalue weighted by Gasteiger charge is 2.25. The summed E-state index contributed by atoms with van der Waals surface area (Å²) in [6.45, 7) is 10.0. The number of aromatic nitrogens is 2. The smallest absolute Gasteiger partial charge is 0.271 e. The number of anilines is 1. The molecule has 36 heavy (non-hydrogen) atoms. The minimum absolute atomic E-state index is 0. The monoisotopic (exact) mass is 555 g/mol. The molecule has 3 heterocycles. The molecule has 0 N–H and O–H groups in total. The highest BCUT2D eigenvalue weighted by atomic mass is 35.5. The minimum Gasteiger partial charge on any atom is -1.00 e. The van der Waals surface area contributed by atoms with Gasteiger partial charge in [-0.1, -0.05) is 54.3 Å². The number of aryl methyl sites for hydroxylation is 3. The van der Waals surface area contributed by atoms with Crippen molar-refractivity contribution in [3.8, 4) is 0 Å². The Morgan fingerprint density at radius 3 is 2.53 bits per heavy atom. The maximum Gasteiger partial charge on any atom is 0.271 e. The molecule has 0 atom stereocenters. The molecule has 0 amide bonds. The minimum atomic E-state index is 0. The van der Waals surface area contributed by atoms with E-state index in [-0.39, 0.29) is 18.0 Å². The van der Waals surface area contributed by atoms with Crippen LogP contribution in [0.5, 0.6) is 0 Å². The zero-order chi connectivity index (χ0) is 24.7. The molecule has 0 saturated heterocycles. The Hall–Kier alpha value is -2.32. The van der Waals surface area contributed by atoms with E-state index >= 15 is 0 Å². The van der Waals surface area contributed by atoms with Crippen molar-refractivity contribution < 1.29 is 17.0 Å². The second-order valence-electron chi connectivity index (χ2n) is 8.82. The van der Waals surface area contributed by atoms with Crippen LogP contribution in [0.2, 0.25) is 0 Å². The molecule has 1 aliphatic rings. The summed E-state index contributed by atoms with van der Waals surface area (Å²) in [5.74, 6) is 0. The lowest BCUT2D eigenvalue weighted by Crippen LogP contribution is -3.00. The van der Waals surface area contributed by atoms with E-state index in [1.165, 1.54) is 32.8 Å². The van der Waals surface area contributed by atoms with Gasteiger partial charge in [-0.2, -0.15) is 4.57 Å². The van der Waals surface area contributed by atoms with E-state index in [1.54, 1.807) is 34.4 Å². The summed E-state index contributed by atoms with van der Waals surface area (Å²) in [6, 6.07) is 13.1. The van der Waals surface area contributed by atoms with Crippen molar-refractivity contribution in [3.63, 3.8) is 0 Å². The van der Waals surface area contributed by atoms with Crippen LogP contribution in [0.4, 0.5) is 5.69 Å². The van der Waals surface area contributed by atoms with E-state index in [0.717, 1.165) is 32.2 Å². The number of hydrogen-bond acceptors (Lipinski definition) is 5. The fraction of sp³-hybridized carbons (Fsp3) is 0.286. The maximum atomic E-state index is 13.5. The number of benzene rings is 2. The first-order valence-electron chi connectivity index (χ1n) is 11.9. The first kappa shape index (κ1) is 26.7. The zero-order valence-corrected chi connectivity index (χ0v) is 24.4. The van der Waals surface area contributed by atoms with Gasteiger partial charge in [0.25, 0.3) is 10.6 Å². The van der Waals surface area contributed by atoms with Crippen molar-refractivity contribution >= 4 is 51.2 Å². The number of halogens is 1. The summed E-state index contributed by atoms with van der Waals surface area (Å²) in [7, 11) is 2.07. The average molecular weight is 556 g/mol. The van der Waals surface area contributed by atoms with Gasteiger partial charge in [0.05, 0.1) is 17.1 Å². The number of thiazole rings is 2. The van der Waals surface area contributed by atoms with Crippen LogP contribution in [0.15, 0.2) is 57.7 Å². The lowest BCUT2D eigenvalue weighted by Gasteiger charge is -2.12. The zero-order valence-electron chi connectivity index (χ0n) is 21.2. The van der Waals surface area contributed by atoms with Crippen molar-refractivity contribution in [3.05, 3.63) is 94.8 Å². The standard InChI is InChI=1S/C28H30N3OS3.ClH/c1-6-20-11-12-22-23(15-20)34-28(29(22)5)26-27(32)31(7-2)25(35-26)16-24-30(13-14-33-24)17-21-18(3)9-8-10-19(21)4;/h8-16H,6-7,17H2,1-5H3;1H/q+1;/p-1/b28-26+;. The first-order valence-corrected chi connectivity index (χ1v) is 14.4. The summed E-state index contributed by atoms with van der Waals surface area (Å²) < 4.78 is 6.01. The molecular weight excluding hydrogens is 526 g/mol. The number of hydrogen-bond donors (Lipinski definition) is 0. The number of nitrogens with zero attached hydrogens (tertiary/aromatic N) is 3. The molecule has 0 saturated carbocycles. The molecule has 1 aliphatic heterocycles. The molecule has 0 aliphatic carbocycles. The van der Waals surface area contributed by atoms with Crippen molar-refractivity contribution in [1.82, 2.24) is 4.57 Å². The lowest BCUT2D eigenvalue weighted by atomic mass is 10.0. The lowest BCUT2D eigenvalue weighted by molar-refractivity contribution is -0.685. The molecule has 5 rings (SSSR count). The fourth-order valence-corrected chi connectivity index (χ4v) is 7.90. The molecule has 4 aromatic rings. The molecule has 8 heteroatoms. The maximum absolute atomic E-state index is 13.5. The van der Waals surface area contributed by atoms with Crippen LogP contribution in [0.25, 0.3) is 11.1 Å². The van der Waals surface area contributed by atoms with E-state index in [0.29, 0.717) is 6.54 Å². The molecular formula is C28H30ClN3OS3. The van der Waals surface area contributed by atoms with Gasteiger partial charge < -0.3 is 17.3 Å². The highest BCUT2D eigenvalue weighted by Crippen LogP contribution is 2.45. The van der Waals surface area contributed by atoms with Crippen molar-refractivity contribution in [2.75, 3.05) is 11.9 Å². The Morgan fingerprint density at radius 1 is 1.08 bits per heavy atom. The van der Waals surface area contributed by atoms with Gasteiger partial charge in [0, 0.05) is 24.1 Å². The second kappa shape index (κ2) is 11.0. The Balaban J connectivity index is 0.00000304. The molecule has 0 spiro atoms. The molecule has 0 fully saturated rings. The van der Waals surface area contributed by atoms with Crippen LogP contribution in [-0.4, -0.2) is 11.6 Å². The summed E-state index contributed by atoms with van der Waals surface area (Å²) in [6.07, 6.45) is 5.33. The second-order valence-corrected chi connectivity index (χ2v) is 11.8. The van der Waals surface area contributed by atoms with Gasteiger partial charge in [0.2, 0.25) is 0 Å². The third-order valence-corrected chi connectivity index (χ3v) is 9.98. The summed E-state index contributed by atoms with van der Waals surface area (Å²) in [5, 5.41) is 4.30. The SMILES string of the molecule is CCc1ccc2c(c1)S/C(=c1/s/c(=C\c3scc[n+]3Cc3c(C)cccc3C)n(CC)c1=O)N2C.[Cl-]. The Kier molecular flexibility index (Phi) is 8.15. The van der Waals surface area contributed by atoms with E-state index in [2.05, 4.69) is 91.3 Å². The van der Waals surface area contributed by atoms with E-state index in [9.17, 15) is 4.79 Å². The van der Waals surface area contributed by atoms with E-state index in [4.69, 9.17) is 0 Å². The predicted octanol–water partition coefficient (Wildman–Crippen LogP) is 1.65. The molecule has 4 nitrogen and oxygen atoms in total. The topological polar surface area (TPSA) is 29.1 Å². The molecule has 2 aromatic heterocycles. The first-order chi connectivity index (χ1) is 16.9. The highest BCUT2D eigenvalue weighted by molar-refractivity contribution is 8.08. The number of thioether (sulfide) groups is 1. The quantitative estimate of drug-likeness (QED) is 0.351. The predicted molar refractivity (Wildman–Crippen MR) is 150 cm³/mol. The van der Waals surface area contributed by atoms with Gasteiger partial charge in [-0.3, -0.25) is 9.36 Å². The number of rotatable bonds is 5. The Labute approximate surface area is 230 Å². The summed E-state index contributed by atoms with van der Waals surface area (Å²) in [4.78, 5) is 16.9. The third kappa shape index (κ3) is 4.82. The van der Waals surface area contributed by atoms with Gasteiger partial charge >= 0.3 is 0 Å². The number of fused-ring (bicyclic) bond motifs is 1. The average Bonchev–Trinajstić information content (AvgIpc) is 3.52. The third-order valence-electron chi connectivity index (χ3n) is 6.66. The largest absolute Gasteiger partial charge is 1.00 e. The van der Waals surface area contributed by atoms with Crippen LogP contribution in [-0.2, 0) is 19.5 Å². The molecule has 0 bridgehead atoms. The van der Waals surface area contributed by atoms with Crippen LogP contribution in [0.3, 0.4) is 0 Å². The van der Waals surface area contributed by atoms with Crippen molar-refractivity contribution in [2.24, 2.45) is 0 Å². The summed E-state index contributed by atoms with van der Waals surface area (Å²) in [5.41, 5.74) is 6.56. The van der Waals surface area contributed by atoms with Gasteiger partial charge in [-0.15, -0.1) is 11.3 Å². The molecule has 0 radical (unpaired) electrons.